The van der Waals surface area contributed by atoms with Crippen LogP contribution in [0.25, 0.3) is 0 Å². The fraction of sp³-hybridized carbons (Fsp3) is 0.267. The molecule has 0 aliphatic carbocycles. The van der Waals surface area contributed by atoms with Gasteiger partial charge in [-0.2, -0.15) is 0 Å². The van der Waals surface area contributed by atoms with Gasteiger partial charge in [0.15, 0.2) is 0 Å². The van der Waals surface area contributed by atoms with Crippen LogP contribution < -0.4 is 9.47 Å². The van der Waals surface area contributed by atoms with Crippen molar-refractivity contribution in [3.8, 4) is 11.5 Å². The maximum absolute atomic E-state index is 10.4. The third kappa shape index (κ3) is 2.85. The van der Waals surface area contributed by atoms with E-state index in [1.54, 1.807) is 32.7 Å². The van der Waals surface area contributed by atoms with Crippen molar-refractivity contribution in [2.75, 3.05) is 14.2 Å². The maximum atomic E-state index is 10.4. The summed E-state index contributed by atoms with van der Waals surface area (Å²) in [5.41, 5.74) is 2.48. The van der Waals surface area contributed by atoms with Gasteiger partial charge in [-0.3, -0.25) is 4.98 Å². The second kappa shape index (κ2) is 5.71. The number of ether oxygens (including phenoxy) is 2. The number of pyridine rings is 1. The van der Waals surface area contributed by atoms with E-state index in [1.807, 2.05) is 25.1 Å². The topological polar surface area (TPSA) is 51.6 Å². The molecule has 0 radical (unpaired) electrons. The highest BCUT2D eigenvalue weighted by atomic mass is 16.5. The predicted octanol–water partition coefficient (Wildman–Crippen LogP) is 2.49. The van der Waals surface area contributed by atoms with E-state index in [0.29, 0.717) is 11.3 Å². The van der Waals surface area contributed by atoms with Gasteiger partial charge in [0, 0.05) is 11.8 Å². The van der Waals surface area contributed by atoms with E-state index < -0.39 is 6.10 Å². The molecule has 0 fully saturated rings. The highest BCUT2D eigenvalue weighted by Gasteiger charge is 2.13. The van der Waals surface area contributed by atoms with E-state index in [2.05, 4.69) is 4.98 Å². The normalized spacial score (nSPS) is 12.0. The van der Waals surface area contributed by atoms with Crippen molar-refractivity contribution >= 4 is 0 Å². The van der Waals surface area contributed by atoms with E-state index in [4.69, 9.17) is 9.47 Å². The Morgan fingerprint density at radius 3 is 2.47 bits per heavy atom. The Balaban J connectivity index is 2.32. The van der Waals surface area contributed by atoms with Crippen LogP contribution in [0.5, 0.6) is 11.5 Å². The van der Waals surface area contributed by atoms with Gasteiger partial charge >= 0.3 is 0 Å². The molecule has 0 amide bonds. The molecular weight excluding hydrogens is 242 g/mol. The Labute approximate surface area is 112 Å². The van der Waals surface area contributed by atoms with E-state index in [0.717, 1.165) is 16.9 Å². The molecule has 0 bridgehead atoms. The third-order valence-electron chi connectivity index (χ3n) is 3.02. The number of aliphatic hydroxyl groups excluding tert-OH is 1. The first kappa shape index (κ1) is 13.4. The standard InChI is InChI=1S/C15H17NO3/c1-10-6-11(4-5-14(10)19-3)15(17)12-7-13(18-2)9-16-8-12/h4-9,15,17H,1-3H3. The van der Waals surface area contributed by atoms with Crippen LogP contribution in [0, 0.1) is 6.92 Å². The fourth-order valence-corrected chi connectivity index (χ4v) is 1.96. The molecule has 1 N–H and O–H groups in total. The molecule has 0 spiro atoms. The Morgan fingerprint density at radius 1 is 1.05 bits per heavy atom. The molecule has 4 nitrogen and oxygen atoms in total. The lowest BCUT2D eigenvalue weighted by Gasteiger charge is -2.14. The second-order valence-electron chi connectivity index (χ2n) is 4.29. The van der Waals surface area contributed by atoms with E-state index in [-0.39, 0.29) is 0 Å². The van der Waals surface area contributed by atoms with Gasteiger partial charge < -0.3 is 14.6 Å². The highest BCUT2D eigenvalue weighted by molar-refractivity contribution is 5.40. The lowest BCUT2D eigenvalue weighted by molar-refractivity contribution is 0.219. The lowest BCUT2D eigenvalue weighted by Crippen LogP contribution is -2.02. The minimum atomic E-state index is -0.729. The molecule has 1 aromatic heterocycles. The van der Waals surface area contributed by atoms with Crippen LogP contribution in [0.15, 0.2) is 36.7 Å². The SMILES string of the molecule is COc1cncc(C(O)c2ccc(OC)c(C)c2)c1. The van der Waals surface area contributed by atoms with Gasteiger partial charge in [0.1, 0.15) is 17.6 Å². The summed E-state index contributed by atoms with van der Waals surface area (Å²) in [6, 6.07) is 7.37. The average molecular weight is 259 g/mol. The van der Waals surface area contributed by atoms with Crippen LogP contribution in [0.1, 0.15) is 22.8 Å². The summed E-state index contributed by atoms with van der Waals surface area (Å²) in [4.78, 5) is 4.05. The van der Waals surface area contributed by atoms with Crippen molar-refractivity contribution in [1.29, 1.82) is 0 Å². The largest absolute Gasteiger partial charge is 0.496 e. The van der Waals surface area contributed by atoms with E-state index in [9.17, 15) is 5.11 Å². The Kier molecular flexibility index (Phi) is 4.02. The third-order valence-corrected chi connectivity index (χ3v) is 3.02. The maximum Gasteiger partial charge on any atom is 0.137 e. The molecule has 1 atom stereocenters. The molecule has 2 rings (SSSR count). The summed E-state index contributed by atoms with van der Waals surface area (Å²) in [6.45, 7) is 1.94. The molecule has 0 aliphatic heterocycles. The first-order valence-electron chi connectivity index (χ1n) is 5.97. The Hall–Kier alpha value is -2.07. The number of rotatable bonds is 4. The van der Waals surface area contributed by atoms with Crippen LogP contribution in [0.2, 0.25) is 0 Å². The smallest absolute Gasteiger partial charge is 0.137 e. The number of benzene rings is 1. The molecule has 0 aliphatic rings. The van der Waals surface area contributed by atoms with Crippen LogP contribution in [0.4, 0.5) is 0 Å². The van der Waals surface area contributed by atoms with Gasteiger partial charge in [0.05, 0.1) is 20.4 Å². The van der Waals surface area contributed by atoms with Crippen molar-refractivity contribution in [3.05, 3.63) is 53.3 Å². The molecule has 1 aromatic carbocycles. The average Bonchev–Trinajstić information content (AvgIpc) is 2.46. The van der Waals surface area contributed by atoms with Crippen molar-refractivity contribution in [2.24, 2.45) is 0 Å². The number of hydrogen-bond acceptors (Lipinski definition) is 4. The van der Waals surface area contributed by atoms with E-state index >= 15 is 0 Å². The Bertz CT molecular complexity index is 569. The van der Waals surface area contributed by atoms with Gasteiger partial charge in [0.2, 0.25) is 0 Å². The zero-order valence-electron chi connectivity index (χ0n) is 11.3. The monoisotopic (exact) mass is 259 g/mol. The number of aryl methyl sites for hydroxylation is 1. The first-order valence-corrected chi connectivity index (χ1v) is 5.97. The van der Waals surface area contributed by atoms with E-state index in [1.165, 1.54) is 0 Å². The highest BCUT2D eigenvalue weighted by Crippen LogP contribution is 2.27. The summed E-state index contributed by atoms with van der Waals surface area (Å²) in [6.07, 6.45) is 2.51. The van der Waals surface area contributed by atoms with Crippen LogP contribution >= 0.6 is 0 Å². The van der Waals surface area contributed by atoms with Crippen molar-refractivity contribution < 1.29 is 14.6 Å². The number of aromatic nitrogens is 1. The molecule has 4 heteroatoms. The molecule has 1 heterocycles. The molecule has 19 heavy (non-hydrogen) atoms. The Morgan fingerprint density at radius 2 is 1.84 bits per heavy atom. The van der Waals surface area contributed by atoms with Gasteiger partial charge in [0.25, 0.3) is 0 Å². The summed E-state index contributed by atoms with van der Waals surface area (Å²) in [5, 5.41) is 10.4. The van der Waals surface area contributed by atoms with Gasteiger partial charge in [-0.15, -0.1) is 0 Å². The minimum Gasteiger partial charge on any atom is -0.496 e. The first-order chi connectivity index (χ1) is 9.15. The summed E-state index contributed by atoms with van der Waals surface area (Å²) in [7, 11) is 3.20. The lowest BCUT2D eigenvalue weighted by atomic mass is 10.0. The zero-order chi connectivity index (χ0) is 13.8. The van der Waals surface area contributed by atoms with Crippen LogP contribution in [-0.4, -0.2) is 24.3 Å². The van der Waals surface area contributed by atoms with Gasteiger partial charge in [-0.25, -0.2) is 0 Å². The quantitative estimate of drug-likeness (QED) is 0.916. The fourth-order valence-electron chi connectivity index (χ4n) is 1.96. The minimum absolute atomic E-state index is 0.627. The molecule has 0 saturated carbocycles. The summed E-state index contributed by atoms with van der Waals surface area (Å²) >= 11 is 0. The molecule has 0 saturated heterocycles. The zero-order valence-corrected chi connectivity index (χ0v) is 11.3. The molecule has 2 aromatic rings. The predicted molar refractivity (Wildman–Crippen MR) is 72.6 cm³/mol. The van der Waals surface area contributed by atoms with Crippen molar-refractivity contribution in [3.63, 3.8) is 0 Å². The summed E-state index contributed by atoms with van der Waals surface area (Å²) in [5.74, 6) is 1.43. The molecule has 100 valence electrons. The molecular formula is C15H17NO3. The van der Waals surface area contributed by atoms with Crippen LogP contribution in [0.3, 0.4) is 0 Å². The number of methoxy groups -OCH3 is 2. The van der Waals surface area contributed by atoms with Crippen molar-refractivity contribution in [2.45, 2.75) is 13.0 Å². The van der Waals surface area contributed by atoms with Crippen LogP contribution in [-0.2, 0) is 0 Å². The second-order valence-corrected chi connectivity index (χ2v) is 4.29. The summed E-state index contributed by atoms with van der Waals surface area (Å²) < 4.78 is 10.3. The number of nitrogens with zero attached hydrogens (tertiary/aromatic N) is 1. The molecule has 1 unspecified atom stereocenters. The van der Waals surface area contributed by atoms with Gasteiger partial charge in [-0.1, -0.05) is 6.07 Å². The number of hydrogen-bond donors (Lipinski definition) is 1. The number of aliphatic hydroxyl groups is 1. The van der Waals surface area contributed by atoms with Gasteiger partial charge in [-0.05, 0) is 36.2 Å². The van der Waals surface area contributed by atoms with Crippen molar-refractivity contribution in [1.82, 2.24) is 4.98 Å².